The van der Waals surface area contributed by atoms with E-state index in [-0.39, 0.29) is 6.10 Å². The molecule has 1 aromatic heterocycles. The molecule has 2 aromatic carbocycles. The monoisotopic (exact) mass is 369 g/mol. The maximum Gasteiger partial charge on any atom is 0.249 e. The van der Waals surface area contributed by atoms with Crippen molar-refractivity contribution in [2.45, 2.75) is 26.9 Å². The van der Waals surface area contributed by atoms with Crippen LogP contribution >= 0.6 is 11.6 Å². The normalized spacial score (nSPS) is 10.7. The fraction of sp³-hybridized carbons (Fsp3) is 0.211. The lowest BCUT2D eigenvalue weighted by Gasteiger charge is -2.15. The SMILES string of the molecule is Cc1ccc(Cl)cc1Nc1nncc(Nc2ccccc2OC(C)C)n1. The summed E-state index contributed by atoms with van der Waals surface area (Å²) in [6.07, 6.45) is 1.63. The lowest BCUT2D eigenvalue weighted by atomic mass is 10.2. The molecule has 0 fully saturated rings. The van der Waals surface area contributed by atoms with Crippen molar-refractivity contribution < 1.29 is 4.74 Å². The van der Waals surface area contributed by atoms with Crippen molar-refractivity contribution in [3.63, 3.8) is 0 Å². The summed E-state index contributed by atoms with van der Waals surface area (Å²) in [6.45, 7) is 5.95. The Balaban J connectivity index is 1.81. The van der Waals surface area contributed by atoms with Crippen LogP contribution in [0.4, 0.5) is 23.1 Å². The molecule has 3 rings (SSSR count). The summed E-state index contributed by atoms with van der Waals surface area (Å²) in [6, 6.07) is 13.3. The third-order valence-corrected chi connectivity index (χ3v) is 3.75. The van der Waals surface area contributed by atoms with Crippen LogP contribution in [0.3, 0.4) is 0 Å². The van der Waals surface area contributed by atoms with E-state index in [0.29, 0.717) is 16.8 Å². The molecule has 0 saturated heterocycles. The maximum absolute atomic E-state index is 6.06. The zero-order chi connectivity index (χ0) is 18.5. The fourth-order valence-electron chi connectivity index (χ4n) is 2.33. The van der Waals surface area contributed by atoms with Gasteiger partial charge in [-0.3, -0.25) is 0 Å². The Morgan fingerprint density at radius 1 is 1.04 bits per heavy atom. The quantitative estimate of drug-likeness (QED) is 0.629. The minimum Gasteiger partial charge on any atom is -0.489 e. The van der Waals surface area contributed by atoms with Gasteiger partial charge in [0.2, 0.25) is 5.95 Å². The van der Waals surface area contributed by atoms with Gasteiger partial charge in [0, 0.05) is 10.7 Å². The smallest absolute Gasteiger partial charge is 0.249 e. The van der Waals surface area contributed by atoms with Crippen molar-refractivity contribution >= 4 is 34.7 Å². The number of benzene rings is 2. The van der Waals surface area contributed by atoms with Crippen LogP contribution in [0, 0.1) is 6.92 Å². The molecule has 134 valence electrons. The van der Waals surface area contributed by atoms with Gasteiger partial charge in [-0.15, -0.1) is 5.10 Å². The number of aryl methyl sites for hydroxylation is 1. The van der Waals surface area contributed by atoms with Crippen LogP contribution in [0.1, 0.15) is 19.4 Å². The van der Waals surface area contributed by atoms with Crippen LogP contribution in [0.2, 0.25) is 5.02 Å². The van der Waals surface area contributed by atoms with Crippen molar-refractivity contribution in [3.8, 4) is 5.75 Å². The molecule has 0 atom stereocenters. The zero-order valence-corrected chi connectivity index (χ0v) is 15.6. The lowest BCUT2D eigenvalue weighted by Crippen LogP contribution is -2.08. The molecule has 2 N–H and O–H groups in total. The number of para-hydroxylation sites is 2. The van der Waals surface area contributed by atoms with Crippen molar-refractivity contribution in [1.82, 2.24) is 15.2 Å². The summed E-state index contributed by atoms with van der Waals surface area (Å²) in [5.74, 6) is 1.69. The molecule has 0 aliphatic rings. The van der Waals surface area contributed by atoms with Gasteiger partial charge in [0.25, 0.3) is 0 Å². The van der Waals surface area contributed by atoms with Gasteiger partial charge in [-0.25, -0.2) is 0 Å². The molecular formula is C19H20ClN5O. The number of hydrogen-bond acceptors (Lipinski definition) is 6. The number of halogens is 1. The fourth-order valence-corrected chi connectivity index (χ4v) is 2.50. The van der Waals surface area contributed by atoms with Gasteiger partial charge in [-0.05, 0) is 50.6 Å². The van der Waals surface area contributed by atoms with Gasteiger partial charge in [-0.1, -0.05) is 29.8 Å². The van der Waals surface area contributed by atoms with Crippen molar-refractivity contribution in [2.24, 2.45) is 0 Å². The molecule has 3 aromatic rings. The van der Waals surface area contributed by atoms with E-state index < -0.39 is 0 Å². The van der Waals surface area contributed by atoms with E-state index in [1.54, 1.807) is 6.20 Å². The predicted molar refractivity (Wildman–Crippen MR) is 105 cm³/mol. The van der Waals surface area contributed by atoms with E-state index in [2.05, 4.69) is 25.8 Å². The number of anilines is 4. The average Bonchev–Trinajstić information content (AvgIpc) is 2.60. The first-order chi connectivity index (χ1) is 12.5. The Morgan fingerprint density at radius 3 is 2.65 bits per heavy atom. The molecule has 0 amide bonds. The van der Waals surface area contributed by atoms with Gasteiger partial charge >= 0.3 is 0 Å². The Bertz CT molecular complexity index is 901. The van der Waals surface area contributed by atoms with Crippen LogP contribution in [0.15, 0.2) is 48.7 Å². The summed E-state index contributed by atoms with van der Waals surface area (Å²) < 4.78 is 5.82. The van der Waals surface area contributed by atoms with E-state index in [1.165, 1.54) is 0 Å². The zero-order valence-electron chi connectivity index (χ0n) is 14.8. The van der Waals surface area contributed by atoms with Crippen molar-refractivity contribution in [2.75, 3.05) is 10.6 Å². The molecule has 6 nitrogen and oxygen atoms in total. The number of ether oxygens (including phenoxy) is 1. The standard InChI is InChI=1S/C19H20ClN5O/c1-12(2)26-17-7-5-4-6-15(17)22-18-11-21-25-19(24-18)23-16-10-14(20)9-8-13(16)3/h4-12H,1-3H3,(H2,22,23,24,25). The molecule has 0 unspecified atom stereocenters. The second kappa shape index (κ2) is 8.01. The van der Waals surface area contributed by atoms with Crippen LogP contribution in [0.5, 0.6) is 5.75 Å². The maximum atomic E-state index is 6.06. The summed E-state index contributed by atoms with van der Waals surface area (Å²) in [5.41, 5.74) is 2.68. The van der Waals surface area contributed by atoms with Crippen molar-refractivity contribution in [3.05, 3.63) is 59.2 Å². The first kappa shape index (κ1) is 17.9. The topological polar surface area (TPSA) is 72.0 Å². The minimum atomic E-state index is 0.0736. The van der Waals surface area contributed by atoms with E-state index in [9.17, 15) is 0 Å². The van der Waals surface area contributed by atoms with Gasteiger partial charge < -0.3 is 15.4 Å². The van der Waals surface area contributed by atoms with Crippen LogP contribution in [-0.4, -0.2) is 21.3 Å². The van der Waals surface area contributed by atoms with E-state index >= 15 is 0 Å². The third kappa shape index (κ3) is 4.61. The largest absolute Gasteiger partial charge is 0.489 e. The van der Waals surface area contributed by atoms with Crippen LogP contribution < -0.4 is 15.4 Å². The molecular weight excluding hydrogens is 350 g/mol. The Morgan fingerprint density at radius 2 is 1.85 bits per heavy atom. The van der Waals surface area contributed by atoms with Gasteiger partial charge in [-0.2, -0.15) is 10.1 Å². The van der Waals surface area contributed by atoms with Gasteiger partial charge in [0.1, 0.15) is 5.75 Å². The van der Waals surface area contributed by atoms with Gasteiger partial charge in [0.05, 0.1) is 18.0 Å². The molecule has 1 heterocycles. The number of hydrogen-bond donors (Lipinski definition) is 2. The minimum absolute atomic E-state index is 0.0736. The number of nitrogens with zero attached hydrogens (tertiary/aromatic N) is 3. The highest BCUT2D eigenvalue weighted by atomic mass is 35.5. The summed E-state index contributed by atoms with van der Waals surface area (Å²) in [5, 5.41) is 15.0. The molecule has 0 saturated carbocycles. The Labute approximate surface area is 157 Å². The van der Waals surface area contributed by atoms with Crippen molar-refractivity contribution in [1.29, 1.82) is 0 Å². The summed E-state index contributed by atoms with van der Waals surface area (Å²) >= 11 is 6.06. The lowest BCUT2D eigenvalue weighted by molar-refractivity contribution is 0.244. The molecule has 0 bridgehead atoms. The second-order valence-corrected chi connectivity index (χ2v) is 6.47. The Kier molecular flexibility index (Phi) is 5.53. The first-order valence-corrected chi connectivity index (χ1v) is 8.64. The third-order valence-electron chi connectivity index (χ3n) is 3.52. The molecule has 0 aliphatic heterocycles. The molecule has 26 heavy (non-hydrogen) atoms. The van der Waals surface area contributed by atoms with E-state index in [1.807, 2.05) is 63.2 Å². The summed E-state index contributed by atoms with van der Waals surface area (Å²) in [7, 11) is 0. The molecule has 0 radical (unpaired) electrons. The first-order valence-electron chi connectivity index (χ1n) is 8.27. The number of rotatable bonds is 6. The highest BCUT2D eigenvalue weighted by molar-refractivity contribution is 6.30. The predicted octanol–water partition coefficient (Wildman–Crippen LogP) is 5.11. The number of aromatic nitrogens is 3. The average molecular weight is 370 g/mol. The highest BCUT2D eigenvalue weighted by Gasteiger charge is 2.08. The molecule has 7 heteroatoms. The van der Waals surface area contributed by atoms with E-state index in [4.69, 9.17) is 16.3 Å². The van der Waals surface area contributed by atoms with Crippen LogP contribution in [0.25, 0.3) is 0 Å². The van der Waals surface area contributed by atoms with E-state index in [0.717, 1.165) is 22.7 Å². The number of nitrogens with one attached hydrogen (secondary N) is 2. The van der Waals surface area contributed by atoms with Gasteiger partial charge in [0.15, 0.2) is 5.82 Å². The molecule has 0 aliphatic carbocycles. The highest BCUT2D eigenvalue weighted by Crippen LogP contribution is 2.28. The molecule has 0 spiro atoms. The summed E-state index contributed by atoms with van der Waals surface area (Å²) in [4.78, 5) is 4.46. The van der Waals surface area contributed by atoms with Crippen LogP contribution in [-0.2, 0) is 0 Å². The Hall–Kier alpha value is -2.86. The second-order valence-electron chi connectivity index (χ2n) is 6.04.